The Kier molecular flexibility index (Phi) is 8.03. The van der Waals surface area contributed by atoms with Crippen LogP contribution in [-0.4, -0.2) is 50.7 Å². The molecular weight excluding hydrogens is 472 g/mol. The molecule has 0 bridgehead atoms. The number of benzene rings is 1. The Morgan fingerprint density at radius 3 is 2.59 bits per heavy atom. The predicted octanol–water partition coefficient (Wildman–Crippen LogP) is 3.52. The molecule has 1 N–H and O–H groups in total. The van der Waals surface area contributed by atoms with Gasteiger partial charge < -0.3 is 5.32 Å². The van der Waals surface area contributed by atoms with Gasteiger partial charge in [-0.25, -0.2) is 8.42 Å². The van der Waals surface area contributed by atoms with Crippen LogP contribution in [0.15, 0.2) is 45.1 Å². The maximum absolute atomic E-state index is 13.1. The SMILES string of the molecule is Cc1ccc(S(=O)(=O)C2CNCCN2CCC(=O)c2ccc(Br)s2)cc1.Cl. The van der Waals surface area contributed by atoms with Gasteiger partial charge in [-0.05, 0) is 47.1 Å². The molecule has 148 valence electrons. The number of hydrogen-bond donors (Lipinski definition) is 1. The number of carbonyl (C=O) groups is 1. The number of nitrogens with one attached hydrogen (secondary N) is 1. The molecule has 5 nitrogen and oxygen atoms in total. The van der Waals surface area contributed by atoms with Crippen molar-refractivity contribution in [2.45, 2.75) is 23.6 Å². The molecule has 1 aromatic carbocycles. The van der Waals surface area contributed by atoms with Crippen molar-refractivity contribution in [2.24, 2.45) is 0 Å². The number of thiophene rings is 1. The molecule has 0 spiro atoms. The molecule has 0 radical (unpaired) electrons. The summed E-state index contributed by atoms with van der Waals surface area (Å²) in [5.74, 6) is 0.0470. The van der Waals surface area contributed by atoms with Crippen LogP contribution in [0.3, 0.4) is 0 Å². The minimum Gasteiger partial charge on any atom is -0.313 e. The van der Waals surface area contributed by atoms with Crippen molar-refractivity contribution in [1.29, 1.82) is 0 Å². The van der Waals surface area contributed by atoms with E-state index in [2.05, 4.69) is 21.2 Å². The third kappa shape index (κ3) is 5.40. The summed E-state index contributed by atoms with van der Waals surface area (Å²) in [4.78, 5) is 15.3. The molecule has 1 atom stereocenters. The second-order valence-electron chi connectivity index (χ2n) is 6.33. The Hall–Kier alpha value is -0.770. The zero-order valence-corrected chi connectivity index (χ0v) is 18.9. The van der Waals surface area contributed by atoms with E-state index in [1.165, 1.54) is 11.3 Å². The number of carbonyl (C=O) groups excluding carboxylic acids is 1. The Morgan fingerprint density at radius 1 is 1.26 bits per heavy atom. The summed E-state index contributed by atoms with van der Waals surface area (Å²) in [6.07, 6.45) is 0.312. The Bertz CT molecular complexity index is 884. The first-order chi connectivity index (χ1) is 12.4. The highest BCUT2D eigenvalue weighted by atomic mass is 79.9. The van der Waals surface area contributed by atoms with Gasteiger partial charge in [0.15, 0.2) is 15.6 Å². The van der Waals surface area contributed by atoms with Gasteiger partial charge in [0.05, 0.1) is 13.6 Å². The summed E-state index contributed by atoms with van der Waals surface area (Å²) in [6, 6.07) is 10.6. The van der Waals surface area contributed by atoms with E-state index in [1.807, 2.05) is 30.0 Å². The van der Waals surface area contributed by atoms with Gasteiger partial charge in [0.25, 0.3) is 0 Å². The van der Waals surface area contributed by atoms with E-state index in [9.17, 15) is 13.2 Å². The maximum Gasteiger partial charge on any atom is 0.195 e. The van der Waals surface area contributed by atoms with Crippen molar-refractivity contribution in [3.05, 3.63) is 50.6 Å². The van der Waals surface area contributed by atoms with Gasteiger partial charge >= 0.3 is 0 Å². The highest BCUT2D eigenvalue weighted by Crippen LogP contribution is 2.24. The normalized spacial score (nSPS) is 18.1. The first kappa shape index (κ1) is 22.5. The third-order valence-electron chi connectivity index (χ3n) is 4.48. The molecule has 0 amide bonds. The van der Waals surface area contributed by atoms with E-state index < -0.39 is 15.2 Å². The molecule has 2 aromatic rings. The second-order valence-corrected chi connectivity index (χ2v) is 10.9. The second kappa shape index (κ2) is 9.62. The molecule has 1 saturated heterocycles. The van der Waals surface area contributed by atoms with Crippen molar-refractivity contribution in [3.8, 4) is 0 Å². The van der Waals surface area contributed by atoms with Gasteiger partial charge in [0.2, 0.25) is 0 Å². The van der Waals surface area contributed by atoms with E-state index in [0.29, 0.717) is 35.8 Å². The van der Waals surface area contributed by atoms with Crippen LogP contribution in [0.1, 0.15) is 21.7 Å². The quantitative estimate of drug-likeness (QED) is 0.624. The average molecular weight is 494 g/mol. The lowest BCUT2D eigenvalue weighted by Gasteiger charge is -2.35. The average Bonchev–Trinajstić information content (AvgIpc) is 3.07. The summed E-state index contributed by atoms with van der Waals surface area (Å²) in [5, 5.41) is 2.51. The topological polar surface area (TPSA) is 66.5 Å². The summed E-state index contributed by atoms with van der Waals surface area (Å²) < 4.78 is 27.0. The molecule has 3 rings (SSSR count). The van der Waals surface area contributed by atoms with Crippen LogP contribution in [0.5, 0.6) is 0 Å². The van der Waals surface area contributed by atoms with Crippen LogP contribution in [0.25, 0.3) is 0 Å². The van der Waals surface area contributed by atoms with E-state index >= 15 is 0 Å². The molecular formula is C18H22BrClN2O3S2. The van der Waals surface area contributed by atoms with E-state index in [0.717, 1.165) is 15.9 Å². The molecule has 0 saturated carbocycles. The van der Waals surface area contributed by atoms with Gasteiger partial charge in [-0.15, -0.1) is 23.7 Å². The number of sulfone groups is 1. The highest BCUT2D eigenvalue weighted by Gasteiger charge is 2.34. The predicted molar refractivity (Wildman–Crippen MR) is 115 cm³/mol. The van der Waals surface area contributed by atoms with Gasteiger partial charge in [0.1, 0.15) is 5.37 Å². The van der Waals surface area contributed by atoms with E-state index in [-0.39, 0.29) is 18.2 Å². The number of nitrogens with zero attached hydrogens (tertiary/aromatic N) is 1. The standard InChI is InChI=1S/C18H21BrN2O3S2.ClH/c1-13-2-4-14(5-3-13)26(23,24)18-12-20-9-11-21(18)10-8-15(22)16-6-7-17(19)25-16;/h2-7,18,20H,8-12H2,1H3;1H. The first-order valence-electron chi connectivity index (χ1n) is 8.42. The van der Waals surface area contributed by atoms with Gasteiger partial charge in [0, 0.05) is 32.6 Å². The third-order valence-corrected chi connectivity index (χ3v) is 8.26. The fraction of sp³-hybridized carbons (Fsp3) is 0.389. The summed E-state index contributed by atoms with van der Waals surface area (Å²) >= 11 is 4.77. The van der Waals surface area contributed by atoms with Crippen LogP contribution in [0.4, 0.5) is 0 Å². The van der Waals surface area contributed by atoms with E-state index in [1.54, 1.807) is 18.2 Å². The molecule has 1 aromatic heterocycles. The molecule has 1 unspecified atom stereocenters. The number of piperazine rings is 1. The van der Waals surface area contributed by atoms with Gasteiger partial charge in [-0.3, -0.25) is 9.69 Å². The number of halogens is 2. The van der Waals surface area contributed by atoms with Crippen LogP contribution < -0.4 is 5.32 Å². The van der Waals surface area contributed by atoms with Gasteiger partial charge in [-0.1, -0.05) is 17.7 Å². The van der Waals surface area contributed by atoms with Crippen LogP contribution in [0, 0.1) is 6.92 Å². The molecule has 1 aliphatic rings. The number of ketones is 1. The minimum atomic E-state index is -3.49. The fourth-order valence-corrected chi connectivity index (χ4v) is 6.12. The zero-order chi connectivity index (χ0) is 18.7. The zero-order valence-electron chi connectivity index (χ0n) is 14.9. The fourth-order valence-electron chi connectivity index (χ4n) is 3.00. The Labute approximate surface area is 178 Å². The molecule has 1 aliphatic heterocycles. The monoisotopic (exact) mass is 492 g/mol. The molecule has 27 heavy (non-hydrogen) atoms. The van der Waals surface area contributed by atoms with E-state index in [4.69, 9.17) is 0 Å². The van der Waals surface area contributed by atoms with Crippen molar-refractivity contribution in [3.63, 3.8) is 0 Å². The lowest BCUT2D eigenvalue weighted by molar-refractivity contribution is 0.0958. The van der Waals surface area contributed by atoms with Crippen LogP contribution in [0.2, 0.25) is 0 Å². The van der Waals surface area contributed by atoms with Crippen molar-refractivity contribution < 1.29 is 13.2 Å². The van der Waals surface area contributed by atoms with Crippen LogP contribution in [-0.2, 0) is 9.84 Å². The molecule has 2 heterocycles. The lowest BCUT2D eigenvalue weighted by atomic mass is 10.2. The number of aryl methyl sites for hydroxylation is 1. The van der Waals surface area contributed by atoms with Crippen molar-refractivity contribution in [1.82, 2.24) is 10.2 Å². The lowest BCUT2D eigenvalue weighted by Crippen LogP contribution is -2.55. The number of rotatable bonds is 6. The molecule has 0 aliphatic carbocycles. The maximum atomic E-state index is 13.1. The smallest absolute Gasteiger partial charge is 0.195 e. The Balaban J connectivity index is 0.00000261. The largest absolute Gasteiger partial charge is 0.313 e. The van der Waals surface area contributed by atoms with Crippen molar-refractivity contribution in [2.75, 3.05) is 26.2 Å². The highest BCUT2D eigenvalue weighted by molar-refractivity contribution is 9.11. The Morgan fingerprint density at radius 2 is 1.96 bits per heavy atom. The first-order valence-corrected chi connectivity index (χ1v) is 11.6. The van der Waals surface area contributed by atoms with Crippen LogP contribution >= 0.6 is 39.7 Å². The summed E-state index contributed by atoms with van der Waals surface area (Å²) in [6.45, 7) is 4.07. The van der Waals surface area contributed by atoms with Gasteiger partial charge in [-0.2, -0.15) is 0 Å². The number of hydrogen-bond acceptors (Lipinski definition) is 6. The summed E-state index contributed by atoms with van der Waals surface area (Å²) in [7, 11) is -3.49. The minimum absolute atomic E-state index is 0. The summed E-state index contributed by atoms with van der Waals surface area (Å²) in [5.41, 5.74) is 1.02. The molecule has 9 heteroatoms. The molecule has 1 fully saturated rings. The van der Waals surface area contributed by atoms with Crippen molar-refractivity contribution >= 4 is 55.3 Å². The number of Topliss-reactive ketones (excluding diaryl/α,β-unsaturated/α-hetero) is 1.